The molecule has 0 aliphatic heterocycles. The number of benzene rings is 1. The van der Waals surface area contributed by atoms with E-state index in [2.05, 4.69) is 5.32 Å². The van der Waals surface area contributed by atoms with Crippen molar-refractivity contribution >= 4 is 5.91 Å². The summed E-state index contributed by atoms with van der Waals surface area (Å²) in [7, 11) is 0. The molecule has 1 aromatic rings. The Labute approximate surface area is 112 Å². The maximum atomic E-state index is 12.1. The third-order valence-corrected chi connectivity index (χ3v) is 3.55. The molecular weight excluding hydrogens is 244 g/mol. The monoisotopic (exact) mass is 264 g/mol. The van der Waals surface area contributed by atoms with Crippen molar-refractivity contribution in [3.8, 4) is 11.5 Å². The van der Waals surface area contributed by atoms with Crippen LogP contribution < -0.4 is 11.1 Å². The zero-order chi connectivity index (χ0) is 13.8. The average Bonchev–Trinajstić information content (AvgIpc) is 2.54. The minimum atomic E-state index is -0.312. The second kappa shape index (κ2) is 5.93. The van der Waals surface area contributed by atoms with E-state index in [4.69, 9.17) is 5.73 Å². The largest absolute Gasteiger partial charge is 0.508 e. The molecule has 0 bridgehead atoms. The van der Waals surface area contributed by atoms with E-state index in [1.54, 1.807) is 0 Å². The molecule has 1 aliphatic carbocycles. The zero-order valence-electron chi connectivity index (χ0n) is 10.8. The van der Waals surface area contributed by atoms with Gasteiger partial charge in [-0.05, 0) is 25.0 Å². The second-order valence-electron chi connectivity index (χ2n) is 5.12. The molecule has 5 nitrogen and oxygen atoms in total. The van der Waals surface area contributed by atoms with E-state index >= 15 is 0 Å². The van der Waals surface area contributed by atoms with Gasteiger partial charge in [-0.15, -0.1) is 0 Å². The Kier molecular flexibility index (Phi) is 4.27. The van der Waals surface area contributed by atoms with E-state index in [9.17, 15) is 15.0 Å². The maximum absolute atomic E-state index is 12.1. The number of rotatable bonds is 2. The SMILES string of the molecule is NC1CCCCCC1NC(=O)c1cc(O)cc(O)c1. The predicted octanol–water partition coefficient (Wildman–Crippen LogP) is 1.49. The molecule has 0 saturated heterocycles. The molecule has 0 radical (unpaired) electrons. The normalized spacial score (nSPS) is 23.6. The number of carbonyl (C=O) groups is 1. The maximum Gasteiger partial charge on any atom is 0.251 e. The highest BCUT2D eigenvalue weighted by Crippen LogP contribution is 2.21. The van der Waals surface area contributed by atoms with Crippen LogP contribution in [0.3, 0.4) is 0 Å². The summed E-state index contributed by atoms with van der Waals surface area (Å²) in [6.45, 7) is 0. The summed E-state index contributed by atoms with van der Waals surface area (Å²) < 4.78 is 0. The summed E-state index contributed by atoms with van der Waals surface area (Å²) in [5.41, 5.74) is 6.30. The first-order chi connectivity index (χ1) is 9.06. The Morgan fingerprint density at radius 2 is 1.74 bits per heavy atom. The lowest BCUT2D eigenvalue weighted by atomic mass is 10.0. The van der Waals surface area contributed by atoms with Gasteiger partial charge < -0.3 is 21.3 Å². The first-order valence-corrected chi connectivity index (χ1v) is 6.66. The van der Waals surface area contributed by atoms with Gasteiger partial charge in [-0.25, -0.2) is 0 Å². The van der Waals surface area contributed by atoms with Gasteiger partial charge in [0.25, 0.3) is 5.91 Å². The number of amides is 1. The van der Waals surface area contributed by atoms with Gasteiger partial charge in [0.2, 0.25) is 0 Å². The first kappa shape index (κ1) is 13.7. The van der Waals surface area contributed by atoms with Gasteiger partial charge in [0.1, 0.15) is 11.5 Å². The number of phenols is 2. The number of phenolic OH excluding ortho intramolecular Hbond substituents is 2. The van der Waals surface area contributed by atoms with E-state index in [1.165, 1.54) is 18.2 Å². The molecule has 104 valence electrons. The van der Waals surface area contributed by atoms with Crippen molar-refractivity contribution in [3.05, 3.63) is 23.8 Å². The van der Waals surface area contributed by atoms with Crippen LogP contribution in [0.4, 0.5) is 0 Å². The smallest absolute Gasteiger partial charge is 0.251 e. The van der Waals surface area contributed by atoms with Gasteiger partial charge in [-0.1, -0.05) is 19.3 Å². The Morgan fingerprint density at radius 3 is 2.42 bits per heavy atom. The molecular formula is C14H20N2O3. The lowest BCUT2D eigenvalue weighted by Gasteiger charge is -2.22. The van der Waals surface area contributed by atoms with Crippen molar-refractivity contribution in [2.45, 2.75) is 44.2 Å². The highest BCUT2D eigenvalue weighted by atomic mass is 16.3. The minimum Gasteiger partial charge on any atom is -0.508 e. The number of aromatic hydroxyl groups is 2. The Morgan fingerprint density at radius 1 is 1.11 bits per heavy atom. The van der Waals surface area contributed by atoms with Crippen LogP contribution >= 0.6 is 0 Å². The van der Waals surface area contributed by atoms with Gasteiger partial charge in [-0.2, -0.15) is 0 Å². The fraction of sp³-hybridized carbons (Fsp3) is 0.500. The van der Waals surface area contributed by atoms with Crippen LogP contribution in [0.2, 0.25) is 0 Å². The number of carbonyl (C=O) groups excluding carboxylic acids is 1. The van der Waals surface area contributed by atoms with Gasteiger partial charge in [0, 0.05) is 23.7 Å². The van der Waals surface area contributed by atoms with E-state index in [-0.39, 0.29) is 35.1 Å². The van der Waals surface area contributed by atoms with Crippen LogP contribution in [0.25, 0.3) is 0 Å². The molecule has 5 heteroatoms. The van der Waals surface area contributed by atoms with Crippen LogP contribution in [-0.2, 0) is 0 Å². The first-order valence-electron chi connectivity index (χ1n) is 6.66. The van der Waals surface area contributed by atoms with Crippen molar-refractivity contribution in [2.24, 2.45) is 5.73 Å². The molecule has 0 aromatic heterocycles. The third-order valence-electron chi connectivity index (χ3n) is 3.55. The van der Waals surface area contributed by atoms with Crippen LogP contribution in [0, 0.1) is 0 Å². The summed E-state index contributed by atoms with van der Waals surface area (Å²) in [4.78, 5) is 12.1. The highest BCUT2D eigenvalue weighted by Gasteiger charge is 2.22. The number of hydrogen-bond acceptors (Lipinski definition) is 4. The van der Waals surface area contributed by atoms with E-state index in [0.717, 1.165) is 32.1 Å². The van der Waals surface area contributed by atoms with Crippen LogP contribution in [0.5, 0.6) is 11.5 Å². The van der Waals surface area contributed by atoms with Gasteiger partial charge in [0.15, 0.2) is 0 Å². The molecule has 19 heavy (non-hydrogen) atoms. The van der Waals surface area contributed by atoms with Crippen LogP contribution in [-0.4, -0.2) is 28.2 Å². The molecule has 1 aromatic carbocycles. The lowest BCUT2D eigenvalue weighted by Crippen LogP contribution is -2.46. The van der Waals surface area contributed by atoms with Crippen molar-refractivity contribution in [1.82, 2.24) is 5.32 Å². The van der Waals surface area contributed by atoms with Crippen molar-refractivity contribution in [3.63, 3.8) is 0 Å². The number of nitrogens with one attached hydrogen (secondary N) is 1. The van der Waals surface area contributed by atoms with E-state index < -0.39 is 0 Å². The van der Waals surface area contributed by atoms with E-state index in [0.29, 0.717) is 0 Å². The molecule has 5 N–H and O–H groups in total. The Bertz CT molecular complexity index is 442. The van der Waals surface area contributed by atoms with Crippen molar-refractivity contribution in [2.75, 3.05) is 0 Å². The highest BCUT2D eigenvalue weighted by molar-refractivity contribution is 5.95. The summed E-state index contributed by atoms with van der Waals surface area (Å²) in [6, 6.07) is 3.78. The summed E-state index contributed by atoms with van der Waals surface area (Å²) in [5.74, 6) is -0.570. The van der Waals surface area contributed by atoms with Crippen LogP contribution in [0.1, 0.15) is 42.5 Å². The van der Waals surface area contributed by atoms with Gasteiger partial charge in [0.05, 0.1) is 0 Å². The Hall–Kier alpha value is -1.75. The average molecular weight is 264 g/mol. The van der Waals surface area contributed by atoms with Gasteiger partial charge in [-0.3, -0.25) is 4.79 Å². The minimum absolute atomic E-state index is 0.0302. The van der Waals surface area contributed by atoms with E-state index in [1.807, 2.05) is 0 Å². The van der Waals surface area contributed by atoms with Crippen LogP contribution in [0.15, 0.2) is 18.2 Å². The predicted molar refractivity (Wildman–Crippen MR) is 72.1 cm³/mol. The van der Waals surface area contributed by atoms with Crippen molar-refractivity contribution < 1.29 is 15.0 Å². The quantitative estimate of drug-likeness (QED) is 0.608. The molecule has 1 amide bonds. The zero-order valence-corrected chi connectivity index (χ0v) is 10.8. The van der Waals surface area contributed by atoms with Gasteiger partial charge >= 0.3 is 0 Å². The Balaban J connectivity index is 2.07. The standard InChI is InChI=1S/C14H20N2O3/c15-12-4-2-1-3-5-13(12)16-14(19)9-6-10(17)8-11(18)7-9/h6-8,12-13,17-18H,1-5,15H2,(H,16,19). The molecule has 2 rings (SSSR count). The summed E-state index contributed by atoms with van der Waals surface area (Å²) >= 11 is 0. The molecule has 1 fully saturated rings. The molecule has 1 aliphatic rings. The number of nitrogens with two attached hydrogens (primary N) is 1. The molecule has 0 heterocycles. The fourth-order valence-corrected chi connectivity index (χ4v) is 2.49. The van der Waals surface area contributed by atoms with Crippen molar-refractivity contribution in [1.29, 1.82) is 0 Å². The molecule has 0 spiro atoms. The summed E-state index contributed by atoms with van der Waals surface area (Å²) in [6.07, 6.45) is 5.09. The lowest BCUT2D eigenvalue weighted by molar-refractivity contribution is 0.0928. The molecule has 2 unspecified atom stereocenters. The fourth-order valence-electron chi connectivity index (χ4n) is 2.49. The topological polar surface area (TPSA) is 95.6 Å². The number of hydrogen-bond donors (Lipinski definition) is 4. The molecule has 2 atom stereocenters. The molecule has 1 saturated carbocycles. The third kappa shape index (κ3) is 3.61. The second-order valence-corrected chi connectivity index (χ2v) is 5.12. The summed E-state index contributed by atoms with van der Waals surface area (Å²) in [5, 5.41) is 21.7.